The van der Waals surface area contributed by atoms with Gasteiger partial charge in [-0.25, -0.2) is 0 Å². The molecule has 88 valence electrons. The SMILES string of the molecule is C[C@@H](I)[C@H]1CNCCN1Cc1ccccc1. The molecule has 0 bridgehead atoms. The van der Waals surface area contributed by atoms with Crippen molar-refractivity contribution < 1.29 is 0 Å². The number of halogens is 1. The zero-order valence-corrected chi connectivity index (χ0v) is 11.9. The summed E-state index contributed by atoms with van der Waals surface area (Å²) in [5.41, 5.74) is 1.42. The third-order valence-corrected chi connectivity index (χ3v) is 3.99. The van der Waals surface area contributed by atoms with Gasteiger partial charge in [0.05, 0.1) is 0 Å². The predicted octanol–water partition coefficient (Wildman–Crippen LogP) is 2.28. The fourth-order valence-electron chi connectivity index (χ4n) is 2.23. The molecule has 2 atom stereocenters. The van der Waals surface area contributed by atoms with Crippen LogP contribution in [0.3, 0.4) is 0 Å². The molecule has 2 nitrogen and oxygen atoms in total. The molecule has 0 amide bonds. The van der Waals surface area contributed by atoms with E-state index in [9.17, 15) is 0 Å². The van der Waals surface area contributed by atoms with Crippen LogP contribution in [0.5, 0.6) is 0 Å². The lowest BCUT2D eigenvalue weighted by molar-refractivity contribution is 0.156. The predicted molar refractivity (Wildman–Crippen MR) is 77.0 cm³/mol. The van der Waals surface area contributed by atoms with Gasteiger partial charge in [-0.15, -0.1) is 0 Å². The second-order valence-corrected chi connectivity index (χ2v) is 6.37. The largest absolute Gasteiger partial charge is 0.314 e. The summed E-state index contributed by atoms with van der Waals surface area (Å²) < 4.78 is 0.689. The molecule has 1 saturated heterocycles. The third kappa shape index (κ3) is 3.18. The van der Waals surface area contributed by atoms with E-state index in [-0.39, 0.29) is 0 Å². The maximum absolute atomic E-state index is 3.49. The number of alkyl halides is 1. The number of rotatable bonds is 3. The van der Waals surface area contributed by atoms with Crippen molar-refractivity contribution in [2.45, 2.75) is 23.4 Å². The molecule has 1 aliphatic heterocycles. The Balaban J connectivity index is 2.01. The third-order valence-electron chi connectivity index (χ3n) is 3.16. The number of piperazine rings is 1. The first-order valence-corrected chi connectivity index (χ1v) is 7.14. The molecule has 16 heavy (non-hydrogen) atoms. The molecule has 1 N–H and O–H groups in total. The van der Waals surface area contributed by atoms with Gasteiger partial charge in [-0.2, -0.15) is 0 Å². The Morgan fingerprint density at radius 1 is 1.44 bits per heavy atom. The van der Waals surface area contributed by atoms with Crippen LogP contribution in [0.2, 0.25) is 0 Å². The number of nitrogens with one attached hydrogen (secondary N) is 1. The standard InChI is InChI=1S/C13H19IN2/c1-11(14)13-9-15-7-8-16(13)10-12-5-3-2-4-6-12/h2-6,11,13,15H,7-10H2,1H3/t11-,13-/m1/s1. The summed E-state index contributed by atoms with van der Waals surface area (Å²) in [6.45, 7) is 6.79. The van der Waals surface area contributed by atoms with E-state index in [1.807, 2.05) is 0 Å². The van der Waals surface area contributed by atoms with Crippen LogP contribution in [0.1, 0.15) is 12.5 Å². The Labute approximate surface area is 112 Å². The molecular weight excluding hydrogens is 311 g/mol. The van der Waals surface area contributed by atoms with E-state index >= 15 is 0 Å². The zero-order chi connectivity index (χ0) is 11.4. The first-order valence-electron chi connectivity index (χ1n) is 5.90. The quantitative estimate of drug-likeness (QED) is 0.676. The molecule has 1 aromatic carbocycles. The summed E-state index contributed by atoms with van der Waals surface area (Å²) >= 11 is 2.54. The smallest absolute Gasteiger partial charge is 0.0339 e. The minimum atomic E-state index is 0.662. The van der Waals surface area contributed by atoms with Crippen molar-refractivity contribution in [3.05, 3.63) is 35.9 Å². The van der Waals surface area contributed by atoms with Crippen LogP contribution in [0.25, 0.3) is 0 Å². The van der Waals surface area contributed by atoms with Crippen LogP contribution >= 0.6 is 22.6 Å². The van der Waals surface area contributed by atoms with Gasteiger partial charge in [0.2, 0.25) is 0 Å². The normalized spacial score (nSPS) is 24.2. The Kier molecular flexibility index (Phi) is 4.61. The van der Waals surface area contributed by atoms with E-state index in [0.717, 1.165) is 26.2 Å². The first kappa shape index (κ1) is 12.3. The van der Waals surface area contributed by atoms with Crippen LogP contribution < -0.4 is 5.32 Å². The molecule has 0 aliphatic carbocycles. The topological polar surface area (TPSA) is 15.3 Å². The van der Waals surface area contributed by atoms with E-state index < -0.39 is 0 Å². The Bertz CT molecular complexity index is 313. The fraction of sp³-hybridized carbons (Fsp3) is 0.538. The van der Waals surface area contributed by atoms with Crippen molar-refractivity contribution in [2.24, 2.45) is 0 Å². The molecule has 1 fully saturated rings. The van der Waals surface area contributed by atoms with Gasteiger partial charge >= 0.3 is 0 Å². The van der Waals surface area contributed by atoms with Crippen LogP contribution in [-0.4, -0.2) is 34.5 Å². The van der Waals surface area contributed by atoms with Crippen LogP contribution in [0, 0.1) is 0 Å². The van der Waals surface area contributed by atoms with Crippen molar-refractivity contribution in [1.29, 1.82) is 0 Å². The highest BCUT2D eigenvalue weighted by atomic mass is 127. The highest BCUT2D eigenvalue weighted by molar-refractivity contribution is 14.1. The van der Waals surface area contributed by atoms with Gasteiger partial charge in [-0.1, -0.05) is 59.8 Å². The minimum absolute atomic E-state index is 0.662. The molecule has 2 rings (SSSR count). The van der Waals surface area contributed by atoms with Crippen LogP contribution in [-0.2, 0) is 6.54 Å². The van der Waals surface area contributed by atoms with Crippen molar-refractivity contribution in [2.75, 3.05) is 19.6 Å². The van der Waals surface area contributed by atoms with Crippen LogP contribution in [0.15, 0.2) is 30.3 Å². The maximum Gasteiger partial charge on any atom is 0.0339 e. The van der Waals surface area contributed by atoms with Gasteiger partial charge in [0.25, 0.3) is 0 Å². The van der Waals surface area contributed by atoms with Crippen molar-refractivity contribution in [1.82, 2.24) is 10.2 Å². The number of nitrogens with zero attached hydrogens (tertiary/aromatic N) is 1. The number of hydrogen-bond donors (Lipinski definition) is 1. The Morgan fingerprint density at radius 2 is 2.19 bits per heavy atom. The maximum atomic E-state index is 3.49. The molecular formula is C13H19IN2. The summed E-state index contributed by atoms with van der Waals surface area (Å²) in [4.78, 5) is 2.60. The second kappa shape index (κ2) is 5.98. The van der Waals surface area contributed by atoms with Gasteiger partial charge in [0, 0.05) is 36.1 Å². The molecule has 0 unspecified atom stereocenters. The lowest BCUT2D eigenvalue weighted by Gasteiger charge is -2.38. The van der Waals surface area contributed by atoms with E-state index in [1.165, 1.54) is 5.56 Å². The van der Waals surface area contributed by atoms with E-state index in [4.69, 9.17) is 0 Å². The lowest BCUT2D eigenvalue weighted by Crippen LogP contribution is -2.53. The van der Waals surface area contributed by atoms with Crippen molar-refractivity contribution in [3.8, 4) is 0 Å². The van der Waals surface area contributed by atoms with Crippen molar-refractivity contribution >= 4 is 22.6 Å². The summed E-state index contributed by atoms with van der Waals surface area (Å²) in [7, 11) is 0. The molecule has 1 aromatic rings. The molecule has 3 heteroatoms. The zero-order valence-electron chi connectivity index (χ0n) is 9.70. The first-order chi connectivity index (χ1) is 7.77. The highest BCUT2D eigenvalue weighted by Crippen LogP contribution is 2.17. The van der Waals surface area contributed by atoms with Crippen LogP contribution in [0.4, 0.5) is 0 Å². The number of hydrogen-bond acceptors (Lipinski definition) is 2. The van der Waals surface area contributed by atoms with Gasteiger partial charge in [0.1, 0.15) is 0 Å². The van der Waals surface area contributed by atoms with Gasteiger partial charge in [-0.3, -0.25) is 4.90 Å². The fourth-order valence-corrected chi connectivity index (χ4v) is 2.94. The summed E-state index contributed by atoms with van der Waals surface area (Å²) in [6.07, 6.45) is 0. The molecule has 1 aliphatic rings. The summed E-state index contributed by atoms with van der Waals surface area (Å²) in [5, 5.41) is 3.49. The molecule has 0 radical (unpaired) electrons. The molecule has 0 saturated carbocycles. The average Bonchev–Trinajstić information content (AvgIpc) is 2.31. The molecule has 0 spiro atoms. The summed E-state index contributed by atoms with van der Waals surface area (Å²) in [6, 6.07) is 11.4. The summed E-state index contributed by atoms with van der Waals surface area (Å²) in [5.74, 6) is 0. The van der Waals surface area contributed by atoms with Crippen molar-refractivity contribution in [3.63, 3.8) is 0 Å². The molecule has 0 aromatic heterocycles. The minimum Gasteiger partial charge on any atom is -0.314 e. The van der Waals surface area contributed by atoms with E-state index in [2.05, 4.69) is 70.1 Å². The van der Waals surface area contributed by atoms with E-state index in [1.54, 1.807) is 0 Å². The van der Waals surface area contributed by atoms with Gasteiger partial charge < -0.3 is 5.32 Å². The average molecular weight is 330 g/mol. The highest BCUT2D eigenvalue weighted by Gasteiger charge is 2.25. The second-order valence-electron chi connectivity index (χ2n) is 4.41. The van der Waals surface area contributed by atoms with Gasteiger partial charge in [-0.05, 0) is 5.56 Å². The number of benzene rings is 1. The van der Waals surface area contributed by atoms with Gasteiger partial charge in [0.15, 0.2) is 0 Å². The van der Waals surface area contributed by atoms with E-state index in [0.29, 0.717) is 9.97 Å². The molecule has 1 heterocycles. The lowest BCUT2D eigenvalue weighted by atomic mass is 10.1. The Hall–Kier alpha value is -0.130. The Morgan fingerprint density at radius 3 is 2.88 bits per heavy atom. The monoisotopic (exact) mass is 330 g/mol.